The summed E-state index contributed by atoms with van der Waals surface area (Å²) < 4.78 is 51.2. The molecule has 0 saturated heterocycles. The second-order valence-electron chi connectivity index (χ2n) is 9.96. The molecule has 11 nitrogen and oxygen atoms in total. The molecule has 2 atom stereocenters. The number of ether oxygens (including phenoxy) is 4. The zero-order valence-electron chi connectivity index (χ0n) is 23.6. The van der Waals surface area contributed by atoms with Gasteiger partial charge in [0, 0.05) is 12.1 Å². The number of carbonyl (C=O) groups is 1. The lowest BCUT2D eigenvalue weighted by molar-refractivity contribution is -0.384. The van der Waals surface area contributed by atoms with Crippen LogP contribution in [0, 0.1) is 10.1 Å². The fourth-order valence-corrected chi connectivity index (χ4v) is 6.07. The smallest absolute Gasteiger partial charge is 0.324 e. The molecular formula is C31H26Cl2N2O9S. The number of carbonyl (C=O) groups excluding carboxylic acids is 1. The van der Waals surface area contributed by atoms with Crippen LogP contribution in [-0.4, -0.2) is 39.1 Å². The second-order valence-corrected chi connectivity index (χ2v) is 12.5. The van der Waals surface area contributed by atoms with Gasteiger partial charge in [-0.3, -0.25) is 14.9 Å². The number of esters is 1. The summed E-state index contributed by atoms with van der Waals surface area (Å²) in [7, 11) is -3.06. The Morgan fingerprint density at radius 3 is 2.47 bits per heavy atom. The van der Waals surface area contributed by atoms with E-state index in [1.807, 2.05) is 30.3 Å². The van der Waals surface area contributed by atoms with Crippen molar-refractivity contribution in [3.63, 3.8) is 0 Å². The molecule has 1 heterocycles. The van der Waals surface area contributed by atoms with Gasteiger partial charge in [0.15, 0.2) is 17.6 Å². The highest BCUT2D eigenvalue weighted by Gasteiger charge is 2.29. The third-order valence-corrected chi connectivity index (χ3v) is 9.09. The number of non-ortho nitro benzene ring substituents is 1. The molecule has 0 spiro atoms. The molecule has 4 aromatic rings. The molecule has 234 valence electrons. The van der Waals surface area contributed by atoms with Crippen molar-refractivity contribution in [2.75, 3.05) is 13.7 Å². The number of benzene rings is 4. The third kappa shape index (κ3) is 7.84. The largest absolute Gasteiger partial charge is 0.489 e. The Kier molecular flexibility index (Phi) is 9.78. The number of nitrogens with zero attached hydrogens (tertiary/aromatic N) is 1. The first-order valence-electron chi connectivity index (χ1n) is 13.5. The molecule has 2 unspecified atom stereocenters. The minimum atomic E-state index is -4.21. The summed E-state index contributed by atoms with van der Waals surface area (Å²) >= 11 is 12.1. The molecule has 1 N–H and O–H groups in total. The van der Waals surface area contributed by atoms with Crippen LogP contribution in [0.2, 0.25) is 10.0 Å². The standard InChI is InChI=1S/C31H26Cl2N2O9S/c1-41-31(36)27(34-45(39,40)24-9-7-22(8-10-24)35(37)38)14-19-6-12-28-29(15-19)43-18-30(44-28)21-3-2-4-23(16-21)42-17-20-5-11-25(32)26(33)13-20/h2-13,15-16,27,30,34H,14,17-18H2,1H3. The lowest BCUT2D eigenvalue weighted by Gasteiger charge is -2.27. The lowest BCUT2D eigenvalue weighted by Crippen LogP contribution is -2.43. The number of nitro benzene ring substituents is 1. The van der Waals surface area contributed by atoms with Gasteiger partial charge in [0.05, 0.1) is 27.0 Å². The first-order valence-corrected chi connectivity index (χ1v) is 15.7. The number of halogens is 2. The van der Waals surface area contributed by atoms with Crippen molar-refractivity contribution < 1.29 is 37.1 Å². The van der Waals surface area contributed by atoms with E-state index in [0.717, 1.165) is 42.5 Å². The summed E-state index contributed by atoms with van der Waals surface area (Å²) in [5, 5.41) is 11.8. The van der Waals surface area contributed by atoms with E-state index >= 15 is 0 Å². The maximum atomic E-state index is 12.9. The van der Waals surface area contributed by atoms with Crippen molar-refractivity contribution in [3.05, 3.63) is 122 Å². The average Bonchev–Trinajstić information content (AvgIpc) is 3.04. The number of sulfonamides is 1. The summed E-state index contributed by atoms with van der Waals surface area (Å²) in [5.41, 5.74) is 2.02. The van der Waals surface area contributed by atoms with Gasteiger partial charge in [-0.05, 0) is 71.6 Å². The van der Waals surface area contributed by atoms with E-state index in [4.69, 9.17) is 42.1 Å². The number of hydrogen-bond donors (Lipinski definition) is 1. The van der Waals surface area contributed by atoms with Crippen LogP contribution < -0.4 is 18.9 Å². The molecule has 0 radical (unpaired) electrons. The van der Waals surface area contributed by atoms with Crippen LogP contribution in [0.3, 0.4) is 0 Å². The van der Waals surface area contributed by atoms with Crippen LogP contribution in [-0.2, 0) is 32.6 Å². The molecule has 4 aromatic carbocycles. The van der Waals surface area contributed by atoms with Crippen LogP contribution in [0.15, 0.2) is 89.8 Å². The third-order valence-electron chi connectivity index (χ3n) is 6.87. The summed E-state index contributed by atoms with van der Waals surface area (Å²) in [6, 6.07) is 20.8. The van der Waals surface area contributed by atoms with Gasteiger partial charge in [0.1, 0.15) is 25.0 Å². The molecule has 45 heavy (non-hydrogen) atoms. The lowest BCUT2D eigenvalue weighted by atomic mass is 10.0. The molecule has 14 heteroatoms. The topological polar surface area (TPSA) is 143 Å². The molecule has 0 saturated carbocycles. The number of fused-ring (bicyclic) bond motifs is 1. The summed E-state index contributed by atoms with van der Waals surface area (Å²) in [4.78, 5) is 22.6. The number of methoxy groups -OCH3 is 1. The minimum absolute atomic E-state index is 0.0584. The highest BCUT2D eigenvalue weighted by atomic mass is 35.5. The molecule has 0 aromatic heterocycles. The van der Waals surface area contributed by atoms with Crippen molar-refractivity contribution >= 4 is 44.9 Å². The molecule has 0 aliphatic carbocycles. The fraction of sp³-hybridized carbons (Fsp3) is 0.194. The van der Waals surface area contributed by atoms with Gasteiger partial charge in [0.25, 0.3) is 5.69 Å². The number of nitrogens with one attached hydrogen (secondary N) is 1. The molecule has 0 amide bonds. The Labute approximate surface area is 268 Å². The molecule has 1 aliphatic heterocycles. The zero-order chi connectivity index (χ0) is 32.1. The molecule has 0 fully saturated rings. The number of nitro groups is 1. The molecule has 5 rings (SSSR count). The quantitative estimate of drug-likeness (QED) is 0.114. The summed E-state index contributed by atoms with van der Waals surface area (Å²) in [6.45, 7) is 0.491. The van der Waals surface area contributed by atoms with Crippen LogP contribution in [0.5, 0.6) is 17.2 Å². The van der Waals surface area contributed by atoms with Crippen molar-refractivity contribution in [2.24, 2.45) is 0 Å². The molecular weight excluding hydrogens is 647 g/mol. The Hall–Kier alpha value is -4.36. The predicted molar refractivity (Wildman–Crippen MR) is 165 cm³/mol. The van der Waals surface area contributed by atoms with Crippen molar-refractivity contribution in [2.45, 2.75) is 30.1 Å². The zero-order valence-corrected chi connectivity index (χ0v) is 26.0. The fourth-order valence-electron chi connectivity index (χ4n) is 4.56. The van der Waals surface area contributed by atoms with E-state index < -0.39 is 33.1 Å². The Balaban J connectivity index is 1.25. The summed E-state index contributed by atoms with van der Waals surface area (Å²) in [6.07, 6.45) is -0.481. The van der Waals surface area contributed by atoms with E-state index in [1.165, 1.54) is 0 Å². The predicted octanol–water partition coefficient (Wildman–Crippen LogP) is 6.06. The van der Waals surface area contributed by atoms with E-state index in [0.29, 0.717) is 39.5 Å². The minimum Gasteiger partial charge on any atom is -0.489 e. The van der Waals surface area contributed by atoms with Gasteiger partial charge in [-0.25, -0.2) is 8.42 Å². The van der Waals surface area contributed by atoms with Gasteiger partial charge in [-0.15, -0.1) is 0 Å². The second kappa shape index (κ2) is 13.7. The van der Waals surface area contributed by atoms with Crippen molar-refractivity contribution in [1.29, 1.82) is 0 Å². The van der Waals surface area contributed by atoms with Gasteiger partial charge in [0.2, 0.25) is 10.0 Å². The van der Waals surface area contributed by atoms with E-state index in [-0.39, 0.29) is 23.6 Å². The summed E-state index contributed by atoms with van der Waals surface area (Å²) in [5.74, 6) is 0.723. The highest BCUT2D eigenvalue weighted by molar-refractivity contribution is 7.89. The average molecular weight is 674 g/mol. The van der Waals surface area contributed by atoms with Crippen LogP contribution in [0.4, 0.5) is 5.69 Å². The van der Waals surface area contributed by atoms with Gasteiger partial charge in [-0.1, -0.05) is 47.5 Å². The van der Waals surface area contributed by atoms with Crippen LogP contribution >= 0.6 is 23.2 Å². The van der Waals surface area contributed by atoms with Gasteiger partial charge < -0.3 is 18.9 Å². The normalized spacial score (nSPS) is 14.8. The first-order chi connectivity index (χ1) is 21.5. The van der Waals surface area contributed by atoms with E-state index in [1.54, 1.807) is 30.3 Å². The Morgan fingerprint density at radius 2 is 1.76 bits per heavy atom. The van der Waals surface area contributed by atoms with E-state index in [9.17, 15) is 23.3 Å². The monoisotopic (exact) mass is 672 g/mol. The van der Waals surface area contributed by atoms with Gasteiger partial charge >= 0.3 is 5.97 Å². The van der Waals surface area contributed by atoms with E-state index in [2.05, 4.69) is 4.72 Å². The first kappa shape index (κ1) is 32.0. The van der Waals surface area contributed by atoms with Crippen LogP contribution in [0.1, 0.15) is 22.8 Å². The SMILES string of the molecule is COC(=O)C(Cc1ccc2c(c1)OCC(c1cccc(OCc3ccc(Cl)c(Cl)c3)c1)O2)NS(=O)(=O)c1ccc([N+](=O)[O-])cc1. The highest BCUT2D eigenvalue weighted by Crippen LogP contribution is 2.38. The molecule has 0 bridgehead atoms. The van der Waals surface area contributed by atoms with Crippen molar-refractivity contribution in [3.8, 4) is 17.2 Å². The molecule has 1 aliphatic rings. The number of hydrogen-bond acceptors (Lipinski definition) is 9. The Morgan fingerprint density at radius 1 is 1.00 bits per heavy atom. The Bertz CT molecular complexity index is 1840. The van der Waals surface area contributed by atoms with Crippen molar-refractivity contribution in [1.82, 2.24) is 4.72 Å². The maximum Gasteiger partial charge on any atom is 0.324 e. The van der Waals surface area contributed by atoms with Crippen LogP contribution in [0.25, 0.3) is 0 Å². The number of rotatable bonds is 11. The van der Waals surface area contributed by atoms with Gasteiger partial charge in [-0.2, -0.15) is 4.72 Å². The maximum absolute atomic E-state index is 12.9.